The van der Waals surface area contributed by atoms with Gasteiger partial charge in [0.15, 0.2) is 9.76 Å². The number of nitrogens with one attached hydrogen (secondary N) is 1. The van der Waals surface area contributed by atoms with Crippen LogP contribution in [0.1, 0.15) is 13.3 Å². The first-order valence-corrected chi connectivity index (χ1v) is 5.00. The lowest BCUT2D eigenvalue weighted by atomic mass is 10.5. The third kappa shape index (κ3) is 8.10. The van der Waals surface area contributed by atoms with Gasteiger partial charge in [-0.15, -0.1) is 0 Å². The molecular formula is C5H15NO2Si. The van der Waals surface area contributed by atoms with Crippen molar-refractivity contribution in [2.75, 3.05) is 13.2 Å². The summed E-state index contributed by atoms with van der Waals surface area (Å²) in [4.78, 5) is 13.4. The maximum atomic E-state index is 8.49. The van der Waals surface area contributed by atoms with E-state index in [1.807, 2.05) is 6.92 Å². The molecule has 0 atom stereocenters. The summed E-state index contributed by atoms with van der Waals surface area (Å²) in [6.45, 7) is 3.51. The minimum atomic E-state index is -0.716. The fraction of sp³-hybridized carbons (Fsp3) is 1.00. The fourth-order valence-corrected chi connectivity index (χ4v) is 0.957. The smallest absolute Gasteiger partial charge is 0.156 e. The Morgan fingerprint density at radius 2 is 2.44 bits per heavy atom. The van der Waals surface area contributed by atoms with Crippen molar-refractivity contribution in [1.82, 2.24) is 5.48 Å². The third-order valence-electron chi connectivity index (χ3n) is 0.933. The monoisotopic (exact) mass is 149 g/mol. The average Bonchev–Trinajstić information content (AvgIpc) is 1.89. The Bertz CT molecular complexity index is 48.2. The minimum Gasteiger partial charge on any atom is -0.438 e. The van der Waals surface area contributed by atoms with Crippen LogP contribution in [0.4, 0.5) is 0 Å². The Kier molecular flexibility index (Phi) is 8.18. The van der Waals surface area contributed by atoms with Crippen LogP contribution in [0.2, 0.25) is 6.04 Å². The van der Waals surface area contributed by atoms with Gasteiger partial charge in [0, 0.05) is 6.54 Å². The Morgan fingerprint density at radius 3 is 3.00 bits per heavy atom. The fourth-order valence-electron chi connectivity index (χ4n) is 0.483. The van der Waals surface area contributed by atoms with Crippen molar-refractivity contribution in [3.8, 4) is 0 Å². The van der Waals surface area contributed by atoms with Crippen molar-refractivity contribution in [2.24, 2.45) is 0 Å². The van der Waals surface area contributed by atoms with Gasteiger partial charge in [0.2, 0.25) is 0 Å². The largest absolute Gasteiger partial charge is 0.438 e. The minimum absolute atomic E-state index is 0.705. The SMILES string of the molecule is CCONCCC[SiH2]O. The standard InChI is InChI=1S/C5H15NO2Si/c1-2-8-6-4-3-5-9-7/h6-7H,2-5,9H2,1H3. The molecule has 3 nitrogen and oxygen atoms in total. The zero-order valence-corrected chi connectivity index (χ0v) is 7.31. The highest BCUT2D eigenvalue weighted by molar-refractivity contribution is 6.25. The summed E-state index contributed by atoms with van der Waals surface area (Å²) >= 11 is 0. The highest BCUT2D eigenvalue weighted by Crippen LogP contribution is 1.82. The second-order valence-corrected chi connectivity index (χ2v) is 2.91. The average molecular weight is 149 g/mol. The van der Waals surface area contributed by atoms with Crippen LogP contribution in [0.5, 0.6) is 0 Å². The quantitative estimate of drug-likeness (QED) is 0.301. The van der Waals surface area contributed by atoms with E-state index in [9.17, 15) is 0 Å². The van der Waals surface area contributed by atoms with E-state index in [0.717, 1.165) is 19.0 Å². The molecule has 0 rings (SSSR count). The predicted molar refractivity (Wildman–Crippen MR) is 39.8 cm³/mol. The molecule has 0 saturated carbocycles. The van der Waals surface area contributed by atoms with E-state index in [4.69, 9.17) is 9.63 Å². The molecule has 0 spiro atoms. The van der Waals surface area contributed by atoms with Crippen molar-refractivity contribution in [2.45, 2.75) is 19.4 Å². The first-order chi connectivity index (χ1) is 4.41. The molecule has 0 unspecified atom stereocenters. The molecule has 0 aromatic carbocycles. The summed E-state index contributed by atoms with van der Waals surface area (Å²) in [6, 6.07) is 0.986. The second kappa shape index (κ2) is 8.10. The van der Waals surface area contributed by atoms with Gasteiger partial charge in [-0.2, -0.15) is 0 Å². The highest BCUT2D eigenvalue weighted by Gasteiger charge is 1.85. The maximum absolute atomic E-state index is 8.49. The van der Waals surface area contributed by atoms with Crippen molar-refractivity contribution in [3.05, 3.63) is 0 Å². The molecule has 0 aliphatic rings. The first kappa shape index (κ1) is 9.10. The van der Waals surface area contributed by atoms with E-state index in [0.29, 0.717) is 6.61 Å². The van der Waals surface area contributed by atoms with E-state index in [1.54, 1.807) is 0 Å². The maximum Gasteiger partial charge on any atom is 0.156 e. The highest BCUT2D eigenvalue weighted by atomic mass is 28.2. The number of hydrogen-bond acceptors (Lipinski definition) is 3. The van der Waals surface area contributed by atoms with Gasteiger partial charge in [0.1, 0.15) is 0 Å². The van der Waals surface area contributed by atoms with E-state index in [-0.39, 0.29) is 0 Å². The number of rotatable bonds is 6. The summed E-state index contributed by atoms with van der Waals surface area (Å²) in [7, 11) is -0.716. The molecule has 0 aromatic rings. The van der Waals surface area contributed by atoms with Gasteiger partial charge in [0.05, 0.1) is 6.61 Å². The Morgan fingerprint density at radius 1 is 1.67 bits per heavy atom. The molecule has 4 heteroatoms. The summed E-state index contributed by atoms with van der Waals surface area (Å²) in [6.07, 6.45) is 1.03. The topological polar surface area (TPSA) is 41.5 Å². The molecule has 56 valence electrons. The van der Waals surface area contributed by atoms with E-state index in [1.165, 1.54) is 0 Å². The van der Waals surface area contributed by atoms with Gasteiger partial charge in [-0.25, -0.2) is 5.48 Å². The predicted octanol–water partition coefficient (Wildman–Crippen LogP) is -0.588. The van der Waals surface area contributed by atoms with Crippen molar-refractivity contribution >= 4 is 9.76 Å². The molecule has 0 aliphatic heterocycles. The molecule has 0 saturated heterocycles. The van der Waals surface area contributed by atoms with Crippen LogP contribution in [0.15, 0.2) is 0 Å². The molecule has 0 heterocycles. The molecule has 0 radical (unpaired) electrons. The van der Waals surface area contributed by atoms with Crippen molar-refractivity contribution in [3.63, 3.8) is 0 Å². The van der Waals surface area contributed by atoms with E-state index < -0.39 is 9.76 Å². The van der Waals surface area contributed by atoms with Gasteiger partial charge >= 0.3 is 0 Å². The molecule has 2 N–H and O–H groups in total. The lowest BCUT2D eigenvalue weighted by Gasteiger charge is -2.00. The van der Waals surface area contributed by atoms with Crippen LogP contribution < -0.4 is 5.48 Å². The molecule has 0 amide bonds. The van der Waals surface area contributed by atoms with Crippen LogP contribution in [-0.2, 0) is 4.84 Å². The molecule has 0 aromatic heterocycles. The van der Waals surface area contributed by atoms with Gasteiger partial charge in [-0.3, -0.25) is 0 Å². The van der Waals surface area contributed by atoms with E-state index >= 15 is 0 Å². The van der Waals surface area contributed by atoms with Gasteiger partial charge in [-0.05, 0) is 19.4 Å². The summed E-state index contributed by atoms with van der Waals surface area (Å²) in [5, 5.41) is 0. The van der Waals surface area contributed by atoms with Crippen molar-refractivity contribution < 1.29 is 9.63 Å². The Labute approximate surface area is 58.3 Å². The molecule has 9 heavy (non-hydrogen) atoms. The third-order valence-corrected chi connectivity index (χ3v) is 1.75. The lowest BCUT2D eigenvalue weighted by molar-refractivity contribution is 0.0512. The van der Waals surface area contributed by atoms with Crippen LogP contribution in [0.25, 0.3) is 0 Å². The molecule has 0 bridgehead atoms. The molecule has 0 fully saturated rings. The second-order valence-electron chi connectivity index (χ2n) is 1.76. The van der Waals surface area contributed by atoms with Gasteiger partial charge in [0.25, 0.3) is 0 Å². The van der Waals surface area contributed by atoms with Gasteiger partial charge in [-0.1, -0.05) is 0 Å². The normalized spacial score (nSPS) is 11.3. The zero-order valence-electron chi connectivity index (χ0n) is 5.89. The number of hydroxylamine groups is 1. The lowest BCUT2D eigenvalue weighted by Crippen LogP contribution is -2.15. The van der Waals surface area contributed by atoms with Crippen LogP contribution >= 0.6 is 0 Å². The molecular weight excluding hydrogens is 134 g/mol. The van der Waals surface area contributed by atoms with Crippen molar-refractivity contribution in [1.29, 1.82) is 0 Å². The summed E-state index contributed by atoms with van der Waals surface area (Å²) < 4.78 is 0. The molecule has 0 aliphatic carbocycles. The Balaban J connectivity index is 2.60. The van der Waals surface area contributed by atoms with E-state index in [2.05, 4.69) is 5.48 Å². The Hall–Kier alpha value is 0.0969. The summed E-state index contributed by atoms with van der Waals surface area (Å²) in [5.41, 5.74) is 2.78. The summed E-state index contributed by atoms with van der Waals surface area (Å²) in [5.74, 6) is 0. The van der Waals surface area contributed by atoms with Crippen LogP contribution in [0.3, 0.4) is 0 Å². The van der Waals surface area contributed by atoms with Crippen LogP contribution in [-0.4, -0.2) is 27.7 Å². The van der Waals surface area contributed by atoms with Gasteiger partial charge < -0.3 is 9.63 Å². The zero-order chi connectivity index (χ0) is 6.95. The number of hydrogen-bond donors (Lipinski definition) is 2. The van der Waals surface area contributed by atoms with Crippen LogP contribution in [0, 0.1) is 0 Å². The first-order valence-electron chi connectivity index (χ1n) is 3.37.